The van der Waals surface area contributed by atoms with Gasteiger partial charge in [0.05, 0.1) is 6.61 Å². The average Bonchev–Trinajstić information content (AvgIpc) is 2.49. The highest BCUT2D eigenvalue weighted by Gasteiger charge is 2.44. The largest absolute Gasteiger partial charge is 0.388 e. The van der Waals surface area contributed by atoms with Gasteiger partial charge >= 0.3 is 6.03 Å². The van der Waals surface area contributed by atoms with Gasteiger partial charge in [0.2, 0.25) is 0 Å². The van der Waals surface area contributed by atoms with Crippen LogP contribution in [0.25, 0.3) is 0 Å². The maximum atomic E-state index is 11.4. The fourth-order valence-electron chi connectivity index (χ4n) is 1.80. The number of aliphatic hydroxyl groups is 3. The zero-order chi connectivity index (χ0) is 15.8. The van der Waals surface area contributed by atoms with E-state index in [1.165, 1.54) is 6.08 Å². The summed E-state index contributed by atoms with van der Waals surface area (Å²) in [4.78, 5) is 11.4. The van der Waals surface area contributed by atoms with Gasteiger partial charge in [0.25, 0.3) is 0 Å². The normalized spacial score (nSPS) is 32.5. The van der Waals surface area contributed by atoms with Gasteiger partial charge in [0.15, 0.2) is 6.29 Å². The van der Waals surface area contributed by atoms with Crippen molar-refractivity contribution >= 4 is 17.6 Å². The summed E-state index contributed by atoms with van der Waals surface area (Å²) in [5, 5.41) is 34.3. The first kappa shape index (κ1) is 18.1. The Morgan fingerprint density at radius 2 is 2.00 bits per heavy atom. The van der Waals surface area contributed by atoms with Crippen LogP contribution in [0.15, 0.2) is 12.7 Å². The number of aliphatic hydroxyl groups excluding tert-OH is 3. The summed E-state index contributed by atoms with van der Waals surface area (Å²) >= 11 is 5.43. The topological polar surface area (TPSA) is 120 Å². The molecule has 0 spiro atoms. The molecular formula is C12H21ClN2O6. The van der Waals surface area contributed by atoms with E-state index in [-0.39, 0.29) is 19.0 Å². The molecule has 0 radical (unpaired) electrons. The number of urea groups is 1. The predicted octanol–water partition coefficient (Wildman–Crippen LogP) is -1.47. The molecule has 0 bridgehead atoms. The van der Waals surface area contributed by atoms with Gasteiger partial charge in [-0.05, 0) is 0 Å². The van der Waals surface area contributed by atoms with Gasteiger partial charge in [-0.25, -0.2) is 4.79 Å². The van der Waals surface area contributed by atoms with Crippen molar-refractivity contribution in [2.24, 2.45) is 0 Å². The lowest BCUT2D eigenvalue weighted by molar-refractivity contribution is -0.292. The van der Waals surface area contributed by atoms with Crippen molar-refractivity contribution in [2.75, 3.05) is 25.6 Å². The van der Waals surface area contributed by atoms with Crippen LogP contribution < -0.4 is 10.6 Å². The van der Waals surface area contributed by atoms with Crippen LogP contribution in [0, 0.1) is 0 Å². The number of amides is 2. The molecule has 122 valence electrons. The van der Waals surface area contributed by atoms with E-state index in [0.29, 0.717) is 6.54 Å². The monoisotopic (exact) mass is 324 g/mol. The zero-order valence-electron chi connectivity index (χ0n) is 11.4. The van der Waals surface area contributed by atoms with Crippen LogP contribution in [0.1, 0.15) is 0 Å². The quantitative estimate of drug-likeness (QED) is 0.288. The number of halogens is 1. The molecule has 1 aliphatic heterocycles. The third-order valence-electron chi connectivity index (χ3n) is 2.89. The number of hydrogen-bond acceptors (Lipinski definition) is 6. The molecule has 1 heterocycles. The molecule has 1 rings (SSSR count). The number of nitrogens with one attached hydrogen (secondary N) is 2. The lowest BCUT2D eigenvalue weighted by atomic mass is 9.99. The Bertz CT molecular complexity index is 346. The van der Waals surface area contributed by atoms with E-state index in [2.05, 4.69) is 17.2 Å². The molecule has 1 fully saturated rings. The second-order valence-electron chi connectivity index (χ2n) is 4.46. The zero-order valence-corrected chi connectivity index (χ0v) is 12.2. The van der Waals surface area contributed by atoms with Gasteiger partial charge in [0.1, 0.15) is 24.4 Å². The highest BCUT2D eigenvalue weighted by Crippen LogP contribution is 2.21. The first-order chi connectivity index (χ1) is 10.0. The minimum absolute atomic E-state index is 0.0625. The SMILES string of the molecule is C=CCOC1O[C@H](CNC(=O)NCCCl)[C@@H](O)[C@H](O)[C@H]1O. The molecule has 1 unspecified atom stereocenters. The summed E-state index contributed by atoms with van der Waals surface area (Å²) in [6.45, 7) is 3.81. The number of alkyl halides is 1. The Kier molecular flexibility index (Phi) is 7.94. The minimum atomic E-state index is -1.44. The lowest BCUT2D eigenvalue weighted by Gasteiger charge is -2.40. The fourth-order valence-corrected chi connectivity index (χ4v) is 1.90. The van der Waals surface area contributed by atoms with Gasteiger partial charge in [0, 0.05) is 19.0 Å². The van der Waals surface area contributed by atoms with E-state index in [9.17, 15) is 20.1 Å². The Labute approximate surface area is 127 Å². The van der Waals surface area contributed by atoms with E-state index in [1.54, 1.807) is 0 Å². The maximum absolute atomic E-state index is 11.4. The molecule has 1 saturated heterocycles. The molecule has 0 aromatic rings. The molecule has 0 aromatic carbocycles. The van der Waals surface area contributed by atoms with Gasteiger partial charge in [-0.3, -0.25) is 0 Å². The van der Waals surface area contributed by atoms with E-state index < -0.39 is 36.7 Å². The third kappa shape index (κ3) is 5.42. The molecule has 9 heteroatoms. The molecule has 0 aromatic heterocycles. The van der Waals surface area contributed by atoms with Crippen molar-refractivity contribution in [3.05, 3.63) is 12.7 Å². The molecule has 8 nitrogen and oxygen atoms in total. The summed E-state index contributed by atoms with van der Waals surface area (Å²) in [7, 11) is 0. The van der Waals surface area contributed by atoms with Crippen LogP contribution in [0.3, 0.4) is 0 Å². The van der Waals surface area contributed by atoms with Crippen molar-refractivity contribution in [1.82, 2.24) is 10.6 Å². The summed E-state index contributed by atoms with van der Waals surface area (Å²) < 4.78 is 10.5. The Morgan fingerprint density at radius 3 is 2.62 bits per heavy atom. The number of ether oxygens (including phenoxy) is 2. The van der Waals surface area contributed by atoms with Crippen LogP contribution in [-0.2, 0) is 9.47 Å². The van der Waals surface area contributed by atoms with Crippen LogP contribution in [0.2, 0.25) is 0 Å². The molecule has 5 atom stereocenters. The highest BCUT2D eigenvalue weighted by atomic mass is 35.5. The van der Waals surface area contributed by atoms with E-state index in [1.807, 2.05) is 0 Å². The summed E-state index contributed by atoms with van der Waals surface area (Å²) in [6.07, 6.45) is -4.75. The van der Waals surface area contributed by atoms with Crippen LogP contribution in [-0.4, -0.2) is 77.6 Å². The first-order valence-electron chi connectivity index (χ1n) is 6.51. The smallest absolute Gasteiger partial charge is 0.314 e. The Hall–Kier alpha value is -0.900. The Balaban J connectivity index is 2.51. The van der Waals surface area contributed by atoms with Crippen molar-refractivity contribution < 1.29 is 29.6 Å². The molecule has 0 aliphatic carbocycles. The van der Waals surface area contributed by atoms with E-state index >= 15 is 0 Å². The van der Waals surface area contributed by atoms with Gasteiger partial charge in [-0.1, -0.05) is 6.08 Å². The maximum Gasteiger partial charge on any atom is 0.314 e. The Morgan fingerprint density at radius 1 is 1.29 bits per heavy atom. The summed E-state index contributed by atoms with van der Waals surface area (Å²) in [6, 6.07) is -0.476. The lowest BCUT2D eigenvalue weighted by Crippen LogP contribution is -2.61. The van der Waals surface area contributed by atoms with Gasteiger partial charge < -0.3 is 35.4 Å². The minimum Gasteiger partial charge on any atom is -0.388 e. The standard InChI is InChI=1S/C12H21ClN2O6/c1-2-5-20-11-10(18)9(17)8(16)7(21-11)6-15-12(19)14-4-3-13/h2,7-11,16-18H,1,3-6H2,(H2,14,15,19)/t7-,8-,9+,10-,11?/m1/s1. The molecule has 21 heavy (non-hydrogen) atoms. The van der Waals surface area contributed by atoms with Crippen molar-refractivity contribution in [1.29, 1.82) is 0 Å². The molecule has 5 N–H and O–H groups in total. The molecule has 2 amide bonds. The number of rotatable bonds is 7. The van der Waals surface area contributed by atoms with Crippen LogP contribution >= 0.6 is 11.6 Å². The van der Waals surface area contributed by atoms with Crippen molar-refractivity contribution in [3.63, 3.8) is 0 Å². The number of carbonyl (C=O) groups excluding carboxylic acids is 1. The second kappa shape index (κ2) is 9.19. The van der Waals surface area contributed by atoms with Crippen LogP contribution in [0.4, 0.5) is 4.79 Å². The number of carbonyl (C=O) groups is 1. The average molecular weight is 325 g/mol. The predicted molar refractivity (Wildman–Crippen MR) is 75.0 cm³/mol. The van der Waals surface area contributed by atoms with Crippen molar-refractivity contribution in [2.45, 2.75) is 30.7 Å². The molecule has 0 saturated carbocycles. The third-order valence-corrected chi connectivity index (χ3v) is 3.08. The molecule has 1 aliphatic rings. The number of hydrogen-bond donors (Lipinski definition) is 5. The highest BCUT2D eigenvalue weighted by molar-refractivity contribution is 6.18. The first-order valence-corrected chi connectivity index (χ1v) is 7.04. The van der Waals surface area contributed by atoms with Gasteiger partial charge in [-0.2, -0.15) is 0 Å². The van der Waals surface area contributed by atoms with E-state index in [4.69, 9.17) is 21.1 Å². The van der Waals surface area contributed by atoms with Crippen LogP contribution in [0.5, 0.6) is 0 Å². The summed E-state index contributed by atoms with van der Waals surface area (Å²) in [5.74, 6) is 0.276. The van der Waals surface area contributed by atoms with Gasteiger partial charge in [-0.15, -0.1) is 18.2 Å². The summed E-state index contributed by atoms with van der Waals surface area (Å²) in [5.41, 5.74) is 0. The molecular weight excluding hydrogens is 304 g/mol. The van der Waals surface area contributed by atoms with E-state index in [0.717, 1.165) is 0 Å². The second-order valence-corrected chi connectivity index (χ2v) is 4.84. The fraction of sp³-hybridized carbons (Fsp3) is 0.750. The van der Waals surface area contributed by atoms with Crippen molar-refractivity contribution in [3.8, 4) is 0 Å².